The number of hydrogen-bond donors (Lipinski definition) is 6. The van der Waals surface area contributed by atoms with Crippen molar-refractivity contribution in [2.45, 2.75) is 25.7 Å². The predicted molar refractivity (Wildman–Crippen MR) is 104 cm³/mol. The molecule has 0 heterocycles. The van der Waals surface area contributed by atoms with Crippen molar-refractivity contribution in [3.8, 4) is 34.5 Å². The lowest BCUT2D eigenvalue weighted by Gasteiger charge is -2.08. The summed E-state index contributed by atoms with van der Waals surface area (Å²) < 4.78 is 0. The molecule has 0 radical (unpaired) electrons. The minimum atomic E-state index is -0.511. The molecule has 146 valence electrons. The topological polar surface area (TPSA) is 121 Å². The van der Waals surface area contributed by atoms with Gasteiger partial charge in [-0.05, 0) is 72.2 Å². The smallest absolute Gasteiger partial charge is 0.200 e. The standard InChI is InChI=1S/C22H22O6/c23-17-9-15(10-18(24)21(17)27)7-5-13-1-2-14(4-3-13)6-8-16-11-19(25)22(28)20(26)12-16/h1-4,9-12,23-28H,5-8H2. The molecule has 28 heavy (non-hydrogen) atoms. The van der Waals surface area contributed by atoms with Crippen LogP contribution in [-0.2, 0) is 25.7 Å². The quantitative estimate of drug-likeness (QED) is 0.363. The fourth-order valence-electron chi connectivity index (χ4n) is 3.06. The molecular formula is C22H22O6. The molecule has 3 aromatic rings. The van der Waals surface area contributed by atoms with Gasteiger partial charge in [-0.1, -0.05) is 24.3 Å². The zero-order valence-electron chi connectivity index (χ0n) is 15.1. The summed E-state index contributed by atoms with van der Waals surface area (Å²) in [6.07, 6.45) is 2.63. The highest BCUT2D eigenvalue weighted by Gasteiger charge is 2.09. The van der Waals surface area contributed by atoms with Gasteiger partial charge in [0.25, 0.3) is 0 Å². The Hall–Kier alpha value is -3.54. The molecule has 0 aliphatic heterocycles. The molecule has 0 unspecified atom stereocenters. The largest absolute Gasteiger partial charge is 0.504 e. The summed E-state index contributed by atoms with van der Waals surface area (Å²) in [5.41, 5.74) is 3.64. The maximum absolute atomic E-state index is 9.56. The lowest BCUT2D eigenvalue weighted by atomic mass is 10.00. The third kappa shape index (κ3) is 4.40. The summed E-state index contributed by atoms with van der Waals surface area (Å²) in [5, 5.41) is 57.0. The molecule has 6 heteroatoms. The minimum Gasteiger partial charge on any atom is -0.504 e. The maximum atomic E-state index is 9.56. The Kier molecular flexibility index (Phi) is 5.49. The molecule has 3 rings (SSSR count). The van der Waals surface area contributed by atoms with Gasteiger partial charge in [0.2, 0.25) is 0 Å². The summed E-state index contributed by atoms with van der Waals surface area (Å²) in [6, 6.07) is 13.8. The van der Waals surface area contributed by atoms with Crippen molar-refractivity contribution in [3.05, 3.63) is 70.8 Å². The Balaban J connectivity index is 1.58. The molecular weight excluding hydrogens is 360 g/mol. The van der Waals surface area contributed by atoms with Gasteiger partial charge in [-0.15, -0.1) is 0 Å². The minimum absolute atomic E-state index is 0.336. The predicted octanol–water partition coefficient (Wildman–Crippen LogP) is 3.49. The zero-order valence-corrected chi connectivity index (χ0v) is 15.1. The zero-order chi connectivity index (χ0) is 20.3. The summed E-state index contributed by atoms with van der Waals surface area (Å²) in [4.78, 5) is 0. The fourth-order valence-corrected chi connectivity index (χ4v) is 3.06. The molecule has 6 nitrogen and oxygen atoms in total. The molecule has 0 saturated heterocycles. The third-order valence-electron chi connectivity index (χ3n) is 4.69. The number of benzene rings is 3. The van der Waals surface area contributed by atoms with E-state index >= 15 is 0 Å². The average Bonchev–Trinajstić information content (AvgIpc) is 2.67. The second-order valence-corrected chi connectivity index (χ2v) is 6.78. The van der Waals surface area contributed by atoms with Gasteiger partial charge >= 0.3 is 0 Å². The molecule has 0 aliphatic carbocycles. The van der Waals surface area contributed by atoms with E-state index in [4.69, 9.17) is 0 Å². The van der Waals surface area contributed by atoms with Gasteiger partial charge < -0.3 is 30.6 Å². The summed E-state index contributed by atoms with van der Waals surface area (Å²) in [7, 11) is 0. The van der Waals surface area contributed by atoms with Crippen LogP contribution in [0.2, 0.25) is 0 Å². The van der Waals surface area contributed by atoms with E-state index in [1.165, 1.54) is 24.3 Å². The normalized spacial score (nSPS) is 10.9. The first-order valence-corrected chi connectivity index (χ1v) is 8.89. The Morgan fingerprint density at radius 3 is 0.929 bits per heavy atom. The molecule has 0 amide bonds. The van der Waals surface area contributed by atoms with Gasteiger partial charge in [0.15, 0.2) is 34.5 Å². The van der Waals surface area contributed by atoms with Crippen molar-refractivity contribution in [1.82, 2.24) is 0 Å². The van der Waals surface area contributed by atoms with Gasteiger partial charge in [-0.3, -0.25) is 0 Å². The fraction of sp³-hybridized carbons (Fsp3) is 0.182. The Morgan fingerprint density at radius 1 is 0.393 bits per heavy atom. The lowest BCUT2D eigenvalue weighted by molar-refractivity contribution is 0.367. The molecule has 0 aliphatic rings. The van der Waals surface area contributed by atoms with Gasteiger partial charge in [-0.2, -0.15) is 0 Å². The molecule has 0 fully saturated rings. The van der Waals surface area contributed by atoms with E-state index in [1.54, 1.807) is 0 Å². The van der Waals surface area contributed by atoms with Crippen LogP contribution < -0.4 is 0 Å². The van der Waals surface area contributed by atoms with Gasteiger partial charge in [0, 0.05) is 0 Å². The van der Waals surface area contributed by atoms with Crippen molar-refractivity contribution in [2.24, 2.45) is 0 Å². The van der Waals surface area contributed by atoms with Crippen molar-refractivity contribution in [1.29, 1.82) is 0 Å². The summed E-state index contributed by atoms with van der Waals surface area (Å²) in [6.45, 7) is 0. The van der Waals surface area contributed by atoms with Crippen LogP contribution in [0.4, 0.5) is 0 Å². The van der Waals surface area contributed by atoms with E-state index in [9.17, 15) is 30.6 Å². The molecule has 3 aromatic carbocycles. The van der Waals surface area contributed by atoms with Crippen LogP contribution in [0.15, 0.2) is 48.5 Å². The Morgan fingerprint density at radius 2 is 0.643 bits per heavy atom. The number of aromatic hydroxyl groups is 6. The van der Waals surface area contributed by atoms with Crippen LogP contribution in [0.3, 0.4) is 0 Å². The second-order valence-electron chi connectivity index (χ2n) is 6.78. The molecule has 0 spiro atoms. The molecule has 0 bridgehead atoms. The summed E-state index contributed by atoms with van der Waals surface area (Å²) >= 11 is 0. The van der Waals surface area contributed by atoms with E-state index in [2.05, 4.69) is 0 Å². The van der Waals surface area contributed by atoms with E-state index in [0.717, 1.165) is 22.3 Å². The molecule has 6 N–H and O–H groups in total. The maximum Gasteiger partial charge on any atom is 0.200 e. The number of phenols is 6. The van der Waals surface area contributed by atoms with Crippen LogP contribution in [0, 0.1) is 0 Å². The highest BCUT2D eigenvalue weighted by Crippen LogP contribution is 2.36. The van der Waals surface area contributed by atoms with Crippen LogP contribution in [-0.4, -0.2) is 30.6 Å². The Bertz CT molecular complexity index is 852. The van der Waals surface area contributed by atoms with E-state index in [1.807, 2.05) is 24.3 Å². The first-order chi connectivity index (χ1) is 13.3. The SMILES string of the molecule is Oc1cc(CCc2ccc(CCc3cc(O)c(O)c(O)c3)cc2)cc(O)c1O. The van der Waals surface area contributed by atoms with Crippen LogP contribution >= 0.6 is 0 Å². The van der Waals surface area contributed by atoms with Crippen molar-refractivity contribution in [2.75, 3.05) is 0 Å². The van der Waals surface area contributed by atoms with E-state index in [-0.39, 0.29) is 23.0 Å². The monoisotopic (exact) mass is 382 g/mol. The lowest BCUT2D eigenvalue weighted by Crippen LogP contribution is -1.94. The number of rotatable bonds is 6. The average molecular weight is 382 g/mol. The first kappa shape index (κ1) is 19.2. The van der Waals surface area contributed by atoms with Gasteiger partial charge in [-0.25, -0.2) is 0 Å². The van der Waals surface area contributed by atoms with Crippen molar-refractivity contribution in [3.63, 3.8) is 0 Å². The number of aryl methyl sites for hydroxylation is 4. The molecule has 0 atom stereocenters. The third-order valence-corrected chi connectivity index (χ3v) is 4.69. The number of phenolic OH excluding ortho intramolecular Hbond substituents is 6. The molecule has 0 saturated carbocycles. The second kappa shape index (κ2) is 8.00. The highest BCUT2D eigenvalue weighted by atomic mass is 16.3. The van der Waals surface area contributed by atoms with E-state index in [0.29, 0.717) is 25.7 Å². The summed E-state index contributed by atoms with van der Waals surface area (Å²) in [5.74, 6) is -2.37. The Labute approximate surface area is 162 Å². The van der Waals surface area contributed by atoms with Crippen molar-refractivity contribution >= 4 is 0 Å². The van der Waals surface area contributed by atoms with Gasteiger partial charge in [0.1, 0.15) is 0 Å². The highest BCUT2D eigenvalue weighted by molar-refractivity contribution is 5.52. The number of hydrogen-bond acceptors (Lipinski definition) is 6. The van der Waals surface area contributed by atoms with E-state index < -0.39 is 11.5 Å². The molecule has 0 aromatic heterocycles. The van der Waals surface area contributed by atoms with Crippen molar-refractivity contribution < 1.29 is 30.6 Å². The first-order valence-electron chi connectivity index (χ1n) is 8.89. The van der Waals surface area contributed by atoms with Gasteiger partial charge in [0.05, 0.1) is 0 Å². The van der Waals surface area contributed by atoms with Crippen LogP contribution in [0.5, 0.6) is 34.5 Å². The van der Waals surface area contributed by atoms with Crippen LogP contribution in [0.1, 0.15) is 22.3 Å². The van der Waals surface area contributed by atoms with Crippen LogP contribution in [0.25, 0.3) is 0 Å².